The van der Waals surface area contributed by atoms with Crippen molar-refractivity contribution < 1.29 is 5.32 Å². The van der Waals surface area contributed by atoms with Gasteiger partial charge in [-0.25, -0.2) is 0 Å². The lowest BCUT2D eigenvalue weighted by Gasteiger charge is -2.40. The van der Waals surface area contributed by atoms with Gasteiger partial charge in [-0.05, 0) is 36.6 Å². The topological polar surface area (TPSA) is 48.0 Å². The summed E-state index contributed by atoms with van der Waals surface area (Å²) in [5.74, 6) is 1.13. The standard InChI is InChI=1S/C33H25N4S/c1-3-11-21(12-4-1)31-34-32(22-13-5-2-6-14-22)36-33(35-31)37-27-17-9-7-15-23(27)25-19-26-24-16-8-10-18-29(24)38-30(26)20-28(25)37/h1-13,15-20,22,31,33,35H,14H2/q-1/p+1. The van der Waals surface area contributed by atoms with Gasteiger partial charge in [-0.3, -0.25) is 4.57 Å². The lowest BCUT2D eigenvalue weighted by Crippen LogP contribution is -2.88. The third kappa shape index (κ3) is 3.43. The van der Waals surface area contributed by atoms with Crippen molar-refractivity contribution in [1.29, 1.82) is 0 Å². The van der Waals surface area contributed by atoms with Crippen molar-refractivity contribution in [2.24, 2.45) is 10.9 Å². The van der Waals surface area contributed by atoms with Crippen molar-refractivity contribution in [3.05, 3.63) is 126 Å². The number of benzene rings is 4. The number of hydrogen-bond donors (Lipinski definition) is 1. The highest BCUT2D eigenvalue weighted by Gasteiger charge is 2.27. The number of hydrogen-bond acceptors (Lipinski definition) is 2. The number of thiophene rings is 1. The van der Waals surface area contributed by atoms with E-state index in [-0.39, 0.29) is 18.4 Å². The summed E-state index contributed by atoms with van der Waals surface area (Å²) in [6.45, 7) is 0. The molecule has 0 bridgehead atoms. The van der Waals surface area contributed by atoms with Crippen molar-refractivity contribution in [2.45, 2.75) is 18.9 Å². The summed E-state index contributed by atoms with van der Waals surface area (Å²) in [4.78, 5) is 5.17. The first-order valence-electron chi connectivity index (χ1n) is 13.2. The molecule has 3 atom stereocenters. The number of amidine groups is 1. The van der Waals surface area contributed by atoms with Crippen LogP contribution in [-0.2, 0) is 0 Å². The van der Waals surface area contributed by atoms with Crippen LogP contribution in [0.4, 0.5) is 0 Å². The molecule has 2 aliphatic rings. The lowest BCUT2D eigenvalue weighted by atomic mass is 9.98. The largest absolute Gasteiger partial charge is 0.412 e. The minimum atomic E-state index is -0.152. The first-order chi connectivity index (χ1) is 18.8. The zero-order valence-corrected chi connectivity index (χ0v) is 21.6. The predicted octanol–water partition coefficient (Wildman–Crippen LogP) is 7.80. The SMILES string of the molecule is C1=CCC(C2=NC(c3ccccc3)[NH2+]C(n3c4ccccc4c4cc5c(cc43)sc3ccccc35)[N-]2)C=C1. The van der Waals surface area contributed by atoms with Gasteiger partial charge in [0.25, 0.3) is 0 Å². The summed E-state index contributed by atoms with van der Waals surface area (Å²) < 4.78 is 5.07. The van der Waals surface area contributed by atoms with Crippen molar-refractivity contribution in [3.63, 3.8) is 0 Å². The number of aliphatic imine (C=N–C) groups is 1. The van der Waals surface area contributed by atoms with E-state index in [4.69, 9.17) is 10.3 Å². The summed E-state index contributed by atoms with van der Waals surface area (Å²) in [6.07, 6.45) is 9.42. The summed E-state index contributed by atoms with van der Waals surface area (Å²) in [7, 11) is 0. The molecular formula is C33H26N4S. The molecule has 0 amide bonds. The number of para-hydroxylation sites is 1. The van der Waals surface area contributed by atoms with Gasteiger partial charge < -0.3 is 15.6 Å². The molecular weight excluding hydrogens is 484 g/mol. The Hall–Kier alpha value is -4.19. The maximum atomic E-state index is 5.32. The Morgan fingerprint density at radius 3 is 2.45 bits per heavy atom. The highest BCUT2D eigenvalue weighted by atomic mass is 32.1. The van der Waals surface area contributed by atoms with Crippen LogP contribution in [0.3, 0.4) is 0 Å². The van der Waals surface area contributed by atoms with E-state index in [0.29, 0.717) is 0 Å². The maximum absolute atomic E-state index is 5.32. The molecule has 6 aromatic rings. The van der Waals surface area contributed by atoms with E-state index in [9.17, 15) is 0 Å². The van der Waals surface area contributed by atoms with Crippen molar-refractivity contribution in [1.82, 2.24) is 4.57 Å². The maximum Gasteiger partial charge on any atom is 0.183 e. The Bertz CT molecular complexity index is 1920. The average Bonchev–Trinajstić information content (AvgIpc) is 3.51. The van der Waals surface area contributed by atoms with Gasteiger partial charge in [-0.1, -0.05) is 96.9 Å². The van der Waals surface area contributed by atoms with Crippen molar-refractivity contribution in [2.75, 3.05) is 0 Å². The molecule has 1 aliphatic carbocycles. The van der Waals surface area contributed by atoms with E-state index < -0.39 is 0 Å². The van der Waals surface area contributed by atoms with Crippen LogP contribution in [-0.4, -0.2) is 10.4 Å². The lowest BCUT2D eigenvalue weighted by molar-refractivity contribution is -0.739. The van der Waals surface area contributed by atoms with Crippen molar-refractivity contribution in [3.8, 4) is 0 Å². The molecule has 1 aliphatic heterocycles. The molecule has 4 nitrogen and oxygen atoms in total. The van der Waals surface area contributed by atoms with Crippen LogP contribution in [0.15, 0.2) is 120 Å². The Morgan fingerprint density at radius 2 is 1.58 bits per heavy atom. The third-order valence-corrected chi connectivity index (χ3v) is 8.95. The van der Waals surface area contributed by atoms with E-state index in [1.165, 1.54) is 47.5 Å². The number of fused-ring (bicyclic) bond motifs is 6. The summed E-state index contributed by atoms with van der Waals surface area (Å²) in [5, 5.41) is 12.8. The van der Waals surface area contributed by atoms with E-state index in [1.54, 1.807) is 0 Å². The fraction of sp³-hybridized carbons (Fsp3) is 0.121. The smallest absolute Gasteiger partial charge is 0.183 e. The van der Waals surface area contributed by atoms with Gasteiger partial charge in [0.1, 0.15) is 6.17 Å². The number of rotatable bonds is 3. The Balaban J connectivity index is 1.34. The second kappa shape index (κ2) is 8.69. The van der Waals surface area contributed by atoms with Crippen LogP contribution in [0.5, 0.6) is 0 Å². The summed E-state index contributed by atoms with van der Waals surface area (Å²) >= 11 is 1.87. The van der Waals surface area contributed by atoms with Gasteiger partial charge >= 0.3 is 0 Å². The molecule has 2 aromatic heterocycles. The van der Waals surface area contributed by atoms with Crippen LogP contribution in [0, 0.1) is 5.92 Å². The molecule has 0 saturated carbocycles. The van der Waals surface area contributed by atoms with Crippen LogP contribution in [0.1, 0.15) is 24.4 Å². The molecule has 0 fully saturated rings. The zero-order chi connectivity index (χ0) is 25.1. The highest BCUT2D eigenvalue weighted by molar-refractivity contribution is 7.25. The molecule has 38 heavy (non-hydrogen) atoms. The first-order valence-corrected chi connectivity index (χ1v) is 14.0. The molecule has 8 rings (SSSR count). The summed E-state index contributed by atoms with van der Waals surface area (Å²) in [5.41, 5.74) is 3.64. The first kappa shape index (κ1) is 21.9. The van der Waals surface area contributed by atoms with Gasteiger partial charge in [0.15, 0.2) is 6.29 Å². The van der Waals surface area contributed by atoms with E-state index in [1.807, 2.05) is 11.3 Å². The molecule has 0 radical (unpaired) electrons. The number of quaternary nitrogens is 1. The normalized spacial score (nSPS) is 21.4. The third-order valence-electron chi connectivity index (χ3n) is 7.82. The number of nitrogens with zero attached hydrogens (tertiary/aromatic N) is 3. The van der Waals surface area contributed by atoms with Crippen LogP contribution < -0.4 is 5.32 Å². The van der Waals surface area contributed by atoms with Crippen LogP contribution >= 0.6 is 11.3 Å². The highest BCUT2D eigenvalue weighted by Crippen LogP contribution is 2.41. The van der Waals surface area contributed by atoms with E-state index in [0.717, 1.165) is 12.3 Å². The molecule has 3 heterocycles. The number of aromatic nitrogens is 1. The molecule has 4 aromatic carbocycles. The Kier molecular flexibility index (Phi) is 5.00. The molecule has 2 N–H and O–H groups in total. The Labute approximate surface area is 224 Å². The van der Waals surface area contributed by atoms with E-state index in [2.05, 4.69) is 125 Å². The fourth-order valence-corrected chi connectivity index (χ4v) is 7.13. The number of nitrogens with two attached hydrogens (primary N) is 1. The molecule has 5 heteroatoms. The minimum absolute atomic E-state index is 0.0442. The van der Waals surface area contributed by atoms with Gasteiger partial charge in [0.2, 0.25) is 0 Å². The molecule has 0 spiro atoms. The summed E-state index contributed by atoms with van der Waals surface area (Å²) in [6, 6.07) is 32.9. The Morgan fingerprint density at radius 1 is 0.763 bits per heavy atom. The predicted molar refractivity (Wildman–Crippen MR) is 160 cm³/mol. The van der Waals surface area contributed by atoms with Crippen LogP contribution in [0.25, 0.3) is 47.3 Å². The monoisotopic (exact) mass is 510 g/mol. The fourth-order valence-electron chi connectivity index (χ4n) is 6.01. The van der Waals surface area contributed by atoms with Gasteiger partial charge in [0, 0.05) is 36.5 Å². The van der Waals surface area contributed by atoms with E-state index >= 15 is 0 Å². The quantitative estimate of drug-likeness (QED) is 0.253. The van der Waals surface area contributed by atoms with Gasteiger partial charge in [-0.15, -0.1) is 11.3 Å². The number of allylic oxidation sites excluding steroid dienone is 3. The minimum Gasteiger partial charge on any atom is -0.412 e. The van der Waals surface area contributed by atoms with Gasteiger partial charge in [-0.2, -0.15) is 0 Å². The van der Waals surface area contributed by atoms with Gasteiger partial charge in [0.05, 0.1) is 11.0 Å². The zero-order valence-electron chi connectivity index (χ0n) is 20.7. The second-order valence-electron chi connectivity index (χ2n) is 10.1. The molecule has 0 saturated heterocycles. The average molecular weight is 511 g/mol. The van der Waals surface area contributed by atoms with Crippen molar-refractivity contribution >= 4 is 59.2 Å². The van der Waals surface area contributed by atoms with Crippen LogP contribution in [0.2, 0.25) is 0 Å². The molecule has 3 unspecified atom stereocenters. The molecule has 184 valence electrons. The second-order valence-corrected chi connectivity index (χ2v) is 11.2.